The minimum Gasteiger partial charge on any atom is -0.508 e. The fourth-order valence-electron chi connectivity index (χ4n) is 3.13. The quantitative estimate of drug-likeness (QED) is 0.707. The summed E-state index contributed by atoms with van der Waals surface area (Å²) >= 11 is 0. The van der Waals surface area contributed by atoms with E-state index in [-0.39, 0.29) is 5.75 Å². The van der Waals surface area contributed by atoms with Gasteiger partial charge in [0.25, 0.3) is 0 Å². The van der Waals surface area contributed by atoms with Gasteiger partial charge in [0.05, 0.1) is 11.4 Å². The summed E-state index contributed by atoms with van der Waals surface area (Å²) in [7, 11) is 0. The van der Waals surface area contributed by atoms with Gasteiger partial charge in [-0.15, -0.1) is 0 Å². The fourth-order valence-corrected chi connectivity index (χ4v) is 3.13. The van der Waals surface area contributed by atoms with Gasteiger partial charge in [-0.3, -0.25) is 5.10 Å². The number of hydrogen-bond acceptors (Lipinski definition) is 2. The molecule has 0 fully saturated rings. The van der Waals surface area contributed by atoms with E-state index in [2.05, 4.69) is 34.5 Å². The molecule has 0 saturated heterocycles. The predicted molar refractivity (Wildman–Crippen MR) is 83.1 cm³/mol. The Labute approximate surface area is 123 Å². The molecule has 1 aromatic heterocycles. The number of aromatic nitrogens is 2. The summed E-state index contributed by atoms with van der Waals surface area (Å²) in [5, 5.41) is 17.2. The number of aryl methyl sites for hydroxylation is 1. The minimum atomic E-state index is 0.283. The maximum absolute atomic E-state index is 9.44. The number of phenolic OH excluding ortho intramolecular Hbond substituents is 1. The van der Waals surface area contributed by atoms with Crippen LogP contribution >= 0.6 is 0 Å². The van der Waals surface area contributed by atoms with Crippen molar-refractivity contribution >= 4 is 0 Å². The van der Waals surface area contributed by atoms with Gasteiger partial charge in [0.15, 0.2) is 0 Å². The summed E-state index contributed by atoms with van der Waals surface area (Å²) < 4.78 is 0. The van der Waals surface area contributed by atoms with Gasteiger partial charge in [-0.1, -0.05) is 24.3 Å². The zero-order valence-corrected chi connectivity index (χ0v) is 11.6. The van der Waals surface area contributed by atoms with Crippen LogP contribution in [-0.2, 0) is 12.8 Å². The number of rotatable bonds is 1. The molecule has 2 aromatic carbocycles. The molecule has 0 radical (unpaired) electrons. The molecule has 104 valence electrons. The summed E-state index contributed by atoms with van der Waals surface area (Å²) in [6.45, 7) is 0. The second-order valence-electron chi connectivity index (χ2n) is 5.48. The minimum absolute atomic E-state index is 0.283. The van der Waals surface area contributed by atoms with E-state index < -0.39 is 0 Å². The van der Waals surface area contributed by atoms with Gasteiger partial charge in [-0.05, 0) is 49.1 Å². The average molecular weight is 276 g/mol. The monoisotopic (exact) mass is 276 g/mol. The molecule has 4 rings (SSSR count). The molecule has 0 amide bonds. The van der Waals surface area contributed by atoms with Gasteiger partial charge >= 0.3 is 0 Å². The Morgan fingerprint density at radius 3 is 2.62 bits per heavy atom. The van der Waals surface area contributed by atoms with Crippen LogP contribution in [-0.4, -0.2) is 15.3 Å². The molecule has 0 aliphatic heterocycles. The Morgan fingerprint density at radius 1 is 0.952 bits per heavy atom. The molecule has 0 atom stereocenters. The molecule has 3 heteroatoms. The summed E-state index contributed by atoms with van der Waals surface area (Å²) in [6, 6.07) is 15.8. The van der Waals surface area contributed by atoms with Crippen LogP contribution in [0.2, 0.25) is 0 Å². The lowest BCUT2D eigenvalue weighted by molar-refractivity contribution is 0.475. The van der Waals surface area contributed by atoms with Gasteiger partial charge in [0.1, 0.15) is 5.75 Å². The van der Waals surface area contributed by atoms with Crippen LogP contribution in [0.15, 0.2) is 48.5 Å². The molecular weight excluding hydrogens is 260 g/mol. The zero-order valence-electron chi connectivity index (χ0n) is 11.6. The second kappa shape index (κ2) is 4.77. The number of nitrogens with one attached hydrogen (secondary N) is 1. The summed E-state index contributed by atoms with van der Waals surface area (Å²) in [5.74, 6) is 0.283. The van der Waals surface area contributed by atoms with Crippen LogP contribution in [0, 0.1) is 0 Å². The summed E-state index contributed by atoms with van der Waals surface area (Å²) in [4.78, 5) is 0. The van der Waals surface area contributed by atoms with Crippen molar-refractivity contribution < 1.29 is 5.11 Å². The Morgan fingerprint density at radius 2 is 1.76 bits per heavy atom. The Bertz CT molecular complexity index is 787. The van der Waals surface area contributed by atoms with Crippen LogP contribution in [0.4, 0.5) is 0 Å². The molecule has 3 nitrogen and oxygen atoms in total. The molecular formula is C18H16N2O. The second-order valence-corrected chi connectivity index (χ2v) is 5.48. The zero-order chi connectivity index (χ0) is 14.2. The van der Waals surface area contributed by atoms with E-state index in [1.807, 2.05) is 12.1 Å². The fraction of sp³-hybridized carbons (Fsp3) is 0.167. The third kappa shape index (κ3) is 2.02. The van der Waals surface area contributed by atoms with E-state index in [9.17, 15) is 5.11 Å². The van der Waals surface area contributed by atoms with E-state index in [1.54, 1.807) is 12.1 Å². The SMILES string of the molecule is Oc1ccc(-c2n[nH]c3c2CCCc2ccccc2-3)cc1. The lowest BCUT2D eigenvalue weighted by Crippen LogP contribution is -1.88. The van der Waals surface area contributed by atoms with Crippen molar-refractivity contribution in [2.24, 2.45) is 0 Å². The van der Waals surface area contributed by atoms with Gasteiger partial charge < -0.3 is 5.11 Å². The van der Waals surface area contributed by atoms with Crippen LogP contribution < -0.4 is 0 Å². The largest absolute Gasteiger partial charge is 0.508 e. The number of hydrogen-bond donors (Lipinski definition) is 2. The first-order chi connectivity index (χ1) is 10.3. The molecule has 0 unspecified atom stereocenters. The third-order valence-corrected chi connectivity index (χ3v) is 4.17. The number of nitrogens with zero attached hydrogens (tertiary/aromatic N) is 1. The highest BCUT2D eigenvalue weighted by Gasteiger charge is 2.20. The number of aromatic hydroxyl groups is 1. The van der Waals surface area contributed by atoms with E-state index in [1.165, 1.54) is 16.7 Å². The van der Waals surface area contributed by atoms with Crippen molar-refractivity contribution in [2.45, 2.75) is 19.3 Å². The van der Waals surface area contributed by atoms with Crippen LogP contribution in [0.1, 0.15) is 17.5 Å². The summed E-state index contributed by atoms with van der Waals surface area (Å²) in [6.07, 6.45) is 3.26. The summed E-state index contributed by atoms with van der Waals surface area (Å²) in [5.41, 5.74) is 7.13. The molecule has 21 heavy (non-hydrogen) atoms. The standard InChI is InChI=1S/C18H16N2O/c21-14-10-8-13(9-11-14)17-16-7-3-5-12-4-1-2-6-15(12)18(16)20-19-17/h1-2,4,6,8-11,21H,3,5,7H2,(H,19,20). The van der Waals surface area contributed by atoms with Crippen LogP contribution in [0.3, 0.4) is 0 Å². The van der Waals surface area contributed by atoms with Crippen molar-refractivity contribution in [1.82, 2.24) is 10.2 Å². The average Bonchev–Trinajstić information content (AvgIpc) is 2.84. The molecule has 2 N–H and O–H groups in total. The van der Waals surface area contributed by atoms with Gasteiger partial charge in [0, 0.05) is 16.7 Å². The van der Waals surface area contributed by atoms with E-state index in [0.29, 0.717) is 0 Å². The van der Waals surface area contributed by atoms with Crippen molar-refractivity contribution in [2.75, 3.05) is 0 Å². The number of benzene rings is 2. The smallest absolute Gasteiger partial charge is 0.115 e. The van der Waals surface area contributed by atoms with E-state index in [0.717, 1.165) is 36.2 Å². The van der Waals surface area contributed by atoms with Gasteiger partial charge in [-0.25, -0.2) is 0 Å². The Hall–Kier alpha value is -2.55. The first kappa shape index (κ1) is 12.2. The van der Waals surface area contributed by atoms with E-state index in [4.69, 9.17) is 0 Å². The lowest BCUT2D eigenvalue weighted by Gasteiger charge is -2.04. The Balaban J connectivity index is 1.88. The Kier molecular flexibility index (Phi) is 2.78. The van der Waals surface area contributed by atoms with E-state index >= 15 is 0 Å². The highest BCUT2D eigenvalue weighted by molar-refractivity contribution is 5.76. The first-order valence-electron chi connectivity index (χ1n) is 7.28. The molecule has 3 aromatic rings. The van der Waals surface area contributed by atoms with Gasteiger partial charge in [0.2, 0.25) is 0 Å². The van der Waals surface area contributed by atoms with Crippen LogP contribution in [0.5, 0.6) is 5.75 Å². The number of fused-ring (bicyclic) bond motifs is 3. The maximum atomic E-state index is 9.44. The normalized spacial score (nSPS) is 13.3. The van der Waals surface area contributed by atoms with Gasteiger partial charge in [-0.2, -0.15) is 5.10 Å². The maximum Gasteiger partial charge on any atom is 0.115 e. The number of phenols is 1. The molecule has 0 saturated carbocycles. The molecule has 0 spiro atoms. The molecule has 1 heterocycles. The highest BCUT2D eigenvalue weighted by Crippen LogP contribution is 2.36. The lowest BCUT2D eigenvalue weighted by atomic mass is 10.00. The van der Waals surface area contributed by atoms with Crippen molar-refractivity contribution in [3.05, 3.63) is 59.7 Å². The topological polar surface area (TPSA) is 48.9 Å². The number of aromatic amines is 1. The first-order valence-corrected chi connectivity index (χ1v) is 7.28. The predicted octanol–water partition coefficient (Wildman–Crippen LogP) is 3.94. The van der Waals surface area contributed by atoms with Crippen LogP contribution in [0.25, 0.3) is 22.5 Å². The highest BCUT2D eigenvalue weighted by atomic mass is 16.3. The molecule has 0 bridgehead atoms. The number of H-pyrrole nitrogens is 1. The van der Waals surface area contributed by atoms with Crippen molar-refractivity contribution in [1.29, 1.82) is 0 Å². The van der Waals surface area contributed by atoms with Crippen molar-refractivity contribution in [3.8, 4) is 28.3 Å². The third-order valence-electron chi connectivity index (χ3n) is 4.17. The van der Waals surface area contributed by atoms with Crippen molar-refractivity contribution in [3.63, 3.8) is 0 Å². The molecule has 1 aliphatic rings. The molecule has 1 aliphatic carbocycles.